The molecule has 4 nitrogen and oxygen atoms in total. The molecule has 0 aliphatic rings. The van der Waals surface area contributed by atoms with Crippen molar-refractivity contribution in [3.05, 3.63) is 34.9 Å². The first kappa shape index (κ1) is 12.5. The Labute approximate surface area is 98.4 Å². The predicted octanol–water partition coefficient (Wildman–Crippen LogP) is 1.77. The average molecular weight is 242 g/mol. The lowest BCUT2D eigenvalue weighted by molar-refractivity contribution is -0.143. The van der Waals surface area contributed by atoms with Gasteiger partial charge in [-0.3, -0.25) is 9.59 Å². The summed E-state index contributed by atoms with van der Waals surface area (Å²) in [6, 6.07) is 7.10. The van der Waals surface area contributed by atoms with Gasteiger partial charge in [0.1, 0.15) is 6.42 Å². The van der Waals surface area contributed by atoms with Gasteiger partial charge >= 0.3 is 5.97 Å². The van der Waals surface area contributed by atoms with E-state index >= 15 is 0 Å². The van der Waals surface area contributed by atoms with Crippen molar-refractivity contribution < 1.29 is 14.7 Å². The van der Waals surface area contributed by atoms with Gasteiger partial charge in [0.25, 0.3) is 0 Å². The number of amides is 1. The Morgan fingerprint density at radius 3 is 2.69 bits per heavy atom. The van der Waals surface area contributed by atoms with Gasteiger partial charge in [-0.15, -0.1) is 0 Å². The van der Waals surface area contributed by atoms with E-state index in [1.165, 1.54) is 4.90 Å². The second-order valence-electron chi connectivity index (χ2n) is 3.45. The minimum absolute atomic E-state index is 0.354. The maximum absolute atomic E-state index is 11.4. The zero-order chi connectivity index (χ0) is 12.1. The molecule has 0 heterocycles. The Morgan fingerprint density at radius 1 is 1.44 bits per heavy atom. The van der Waals surface area contributed by atoms with Crippen molar-refractivity contribution >= 4 is 23.5 Å². The highest BCUT2D eigenvalue weighted by atomic mass is 35.5. The zero-order valence-electron chi connectivity index (χ0n) is 8.81. The highest BCUT2D eigenvalue weighted by Crippen LogP contribution is 2.12. The van der Waals surface area contributed by atoms with Crippen LogP contribution in [0.15, 0.2) is 24.3 Å². The van der Waals surface area contributed by atoms with E-state index in [1.807, 2.05) is 6.07 Å². The van der Waals surface area contributed by atoms with Crippen LogP contribution in [0.25, 0.3) is 0 Å². The normalized spacial score (nSPS) is 9.88. The van der Waals surface area contributed by atoms with Crippen LogP contribution >= 0.6 is 11.6 Å². The molecule has 0 aliphatic heterocycles. The fraction of sp³-hybridized carbons (Fsp3) is 0.273. The smallest absolute Gasteiger partial charge is 0.312 e. The number of halogens is 1. The van der Waals surface area contributed by atoms with E-state index in [9.17, 15) is 9.59 Å². The molecule has 0 saturated carbocycles. The van der Waals surface area contributed by atoms with Crippen LogP contribution < -0.4 is 0 Å². The van der Waals surface area contributed by atoms with Crippen molar-refractivity contribution in [3.63, 3.8) is 0 Å². The Bertz CT molecular complexity index is 406. The van der Waals surface area contributed by atoms with Gasteiger partial charge in [0.15, 0.2) is 0 Å². The maximum atomic E-state index is 11.4. The number of hydrogen-bond donors (Lipinski definition) is 1. The maximum Gasteiger partial charge on any atom is 0.312 e. The molecule has 0 radical (unpaired) electrons. The Morgan fingerprint density at radius 2 is 2.12 bits per heavy atom. The van der Waals surface area contributed by atoms with Gasteiger partial charge in [-0.1, -0.05) is 23.7 Å². The average Bonchev–Trinajstić information content (AvgIpc) is 2.16. The van der Waals surface area contributed by atoms with Crippen molar-refractivity contribution in [1.82, 2.24) is 4.90 Å². The number of carboxylic acid groups (broad SMARTS) is 1. The molecule has 0 aromatic heterocycles. The van der Waals surface area contributed by atoms with Gasteiger partial charge < -0.3 is 10.0 Å². The molecule has 16 heavy (non-hydrogen) atoms. The number of aliphatic carboxylic acids is 1. The second kappa shape index (κ2) is 5.51. The molecule has 1 amide bonds. The number of rotatable bonds is 4. The number of carboxylic acids is 1. The van der Waals surface area contributed by atoms with Gasteiger partial charge in [-0.25, -0.2) is 0 Å². The summed E-state index contributed by atoms with van der Waals surface area (Å²) >= 11 is 5.79. The predicted molar refractivity (Wildman–Crippen MR) is 60.2 cm³/mol. The molecule has 0 aliphatic carbocycles. The van der Waals surface area contributed by atoms with Gasteiger partial charge in [0, 0.05) is 18.6 Å². The minimum Gasteiger partial charge on any atom is -0.481 e. The first-order chi connectivity index (χ1) is 7.49. The zero-order valence-corrected chi connectivity index (χ0v) is 9.57. The standard InChI is InChI=1S/C11H12ClNO3/c1-13(10(14)6-11(15)16)7-8-3-2-4-9(12)5-8/h2-5H,6-7H2,1H3,(H,15,16). The topological polar surface area (TPSA) is 57.6 Å². The third kappa shape index (κ3) is 3.90. The summed E-state index contributed by atoms with van der Waals surface area (Å²) in [5.74, 6) is -1.55. The van der Waals surface area contributed by atoms with E-state index < -0.39 is 18.3 Å². The lowest BCUT2D eigenvalue weighted by atomic mass is 10.2. The molecule has 0 bridgehead atoms. The van der Waals surface area contributed by atoms with Crippen LogP contribution in [0.1, 0.15) is 12.0 Å². The summed E-state index contributed by atoms with van der Waals surface area (Å²) in [5, 5.41) is 9.07. The van der Waals surface area contributed by atoms with Gasteiger partial charge in [0.2, 0.25) is 5.91 Å². The number of carbonyl (C=O) groups is 2. The van der Waals surface area contributed by atoms with Crippen LogP contribution in [0, 0.1) is 0 Å². The largest absolute Gasteiger partial charge is 0.481 e. The fourth-order valence-corrected chi connectivity index (χ4v) is 1.47. The van der Waals surface area contributed by atoms with E-state index in [2.05, 4.69) is 0 Å². The van der Waals surface area contributed by atoms with E-state index in [-0.39, 0.29) is 0 Å². The van der Waals surface area contributed by atoms with E-state index in [0.717, 1.165) is 5.56 Å². The molecule has 0 saturated heterocycles. The molecule has 0 spiro atoms. The molecular formula is C11H12ClNO3. The van der Waals surface area contributed by atoms with Crippen molar-refractivity contribution in [1.29, 1.82) is 0 Å². The summed E-state index contributed by atoms with van der Waals surface area (Å²) in [7, 11) is 1.56. The second-order valence-corrected chi connectivity index (χ2v) is 3.89. The summed E-state index contributed by atoms with van der Waals surface area (Å²) in [4.78, 5) is 23.1. The van der Waals surface area contributed by atoms with Crippen LogP contribution in [-0.4, -0.2) is 28.9 Å². The number of benzene rings is 1. The molecule has 1 aromatic carbocycles. The fourth-order valence-electron chi connectivity index (χ4n) is 1.26. The van der Waals surface area contributed by atoms with Crippen molar-refractivity contribution in [3.8, 4) is 0 Å². The van der Waals surface area contributed by atoms with Gasteiger partial charge in [-0.05, 0) is 17.7 Å². The van der Waals surface area contributed by atoms with E-state index in [4.69, 9.17) is 16.7 Å². The summed E-state index contributed by atoms with van der Waals surface area (Å²) < 4.78 is 0. The quantitative estimate of drug-likeness (QED) is 0.818. The minimum atomic E-state index is -1.12. The molecule has 86 valence electrons. The van der Waals surface area contributed by atoms with Crippen molar-refractivity contribution in [2.45, 2.75) is 13.0 Å². The lowest BCUT2D eigenvalue weighted by Gasteiger charge is -2.16. The van der Waals surface area contributed by atoms with Crippen LogP contribution in [0.2, 0.25) is 5.02 Å². The number of nitrogens with zero attached hydrogens (tertiary/aromatic N) is 1. The third-order valence-electron chi connectivity index (χ3n) is 2.04. The van der Waals surface area contributed by atoms with Crippen molar-refractivity contribution in [2.75, 3.05) is 7.05 Å². The number of carbonyl (C=O) groups excluding carboxylic acids is 1. The highest BCUT2D eigenvalue weighted by molar-refractivity contribution is 6.30. The monoisotopic (exact) mass is 241 g/mol. The van der Waals surface area contributed by atoms with Crippen LogP contribution in [0.3, 0.4) is 0 Å². The van der Waals surface area contributed by atoms with E-state index in [0.29, 0.717) is 11.6 Å². The molecule has 1 rings (SSSR count). The molecule has 1 N–H and O–H groups in total. The molecule has 5 heteroatoms. The Kier molecular flexibility index (Phi) is 4.31. The summed E-state index contributed by atoms with van der Waals surface area (Å²) in [6.07, 6.45) is -0.489. The van der Waals surface area contributed by atoms with Gasteiger partial charge in [0.05, 0.1) is 0 Å². The molecular weight excluding hydrogens is 230 g/mol. The van der Waals surface area contributed by atoms with Crippen LogP contribution in [0.4, 0.5) is 0 Å². The Hall–Kier alpha value is -1.55. The van der Waals surface area contributed by atoms with E-state index in [1.54, 1.807) is 25.2 Å². The Balaban J connectivity index is 2.60. The highest BCUT2D eigenvalue weighted by Gasteiger charge is 2.13. The summed E-state index contributed by atoms with van der Waals surface area (Å²) in [5.41, 5.74) is 0.869. The lowest BCUT2D eigenvalue weighted by Crippen LogP contribution is -2.27. The molecule has 1 aromatic rings. The summed E-state index contributed by atoms with van der Waals surface area (Å²) in [6.45, 7) is 0.354. The third-order valence-corrected chi connectivity index (χ3v) is 2.27. The first-order valence-corrected chi connectivity index (χ1v) is 5.07. The molecule has 0 fully saturated rings. The molecule has 0 unspecified atom stereocenters. The molecule has 0 atom stereocenters. The van der Waals surface area contributed by atoms with Crippen LogP contribution in [-0.2, 0) is 16.1 Å². The SMILES string of the molecule is CN(Cc1cccc(Cl)c1)C(=O)CC(=O)O. The first-order valence-electron chi connectivity index (χ1n) is 4.69. The van der Waals surface area contributed by atoms with Crippen molar-refractivity contribution in [2.24, 2.45) is 0 Å². The number of hydrogen-bond acceptors (Lipinski definition) is 2. The van der Waals surface area contributed by atoms with Crippen LogP contribution in [0.5, 0.6) is 0 Å². The van der Waals surface area contributed by atoms with Gasteiger partial charge in [-0.2, -0.15) is 0 Å².